The van der Waals surface area contributed by atoms with Crippen molar-refractivity contribution < 1.29 is 23.7 Å². The monoisotopic (exact) mass is 456 g/mol. The van der Waals surface area contributed by atoms with Gasteiger partial charge in [0, 0.05) is 11.6 Å². The molecule has 1 aliphatic rings. The molecular weight excluding hydrogens is 432 g/mol. The number of hydrogen-bond donors (Lipinski definition) is 1. The SMILES string of the molecule is COc1ccc([C@H]2C(C#N)=C(N)Oc3cc(OC(=O)c4ccc(OC(C)C)cc4)ccc32)cc1. The Morgan fingerprint density at radius 2 is 1.65 bits per heavy atom. The van der Waals surface area contributed by atoms with Crippen molar-refractivity contribution >= 4 is 5.97 Å². The number of esters is 1. The highest BCUT2D eigenvalue weighted by atomic mass is 16.5. The Kier molecular flexibility index (Phi) is 6.42. The quantitative estimate of drug-likeness (QED) is 0.415. The standard InChI is InChI=1S/C27H24N2O5/c1-16(2)32-20-10-6-18(7-11-20)27(30)33-21-12-13-22-24(14-21)34-26(29)23(15-28)25(22)17-4-8-19(31-3)9-5-17/h4-14,16,25H,29H2,1-3H3/t25-/m1/s1. The summed E-state index contributed by atoms with van der Waals surface area (Å²) in [5.41, 5.74) is 8.37. The Balaban J connectivity index is 1.59. The Morgan fingerprint density at radius 3 is 2.26 bits per heavy atom. The normalized spacial score (nSPS) is 14.6. The molecule has 0 aromatic heterocycles. The van der Waals surface area contributed by atoms with Gasteiger partial charge in [0.15, 0.2) is 0 Å². The zero-order chi connectivity index (χ0) is 24.2. The number of nitriles is 1. The fraction of sp³-hybridized carbons (Fsp3) is 0.185. The van der Waals surface area contributed by atoms with E-state index in [-0.39, 0.29) is 12.0 Å². The molecule has 0 amide bonds. The van der Waals surface area contributed by atoms with E-state index in [4.69, 9.17) is 24.7 Å². The molecule has 0 radical (unpaired) electrons. The number of nitrogens with zero attached hydrogens (tertiary/aromatic N) is 1. The summed E-state index contributed by atoms with van der Waals surface area (Å²) in [5.74, 6) is 1.18. The maximum Gasteiger partial charge on any atom is 0.343 e. The van der Waals surface area contributed by atoms with E-state index >= 15 is 0 Å². The molecule has 3 aromatic rings. The summed E-state index contributed by atoms with van der Waals surface area (Å²) in [7, 11) is 1.59. The van der Waals surface area contributed by atoms with Crippen molar-refractivity contribution in [1.29, 1.82) is 5.26 Å². The second kappa shape index (κ2) is 9.59. The summed E-state index contributed by atoms with van der Waals surface area (Å²) in [6.45, 7) is 3.86. The Morgan fingerprint density at radius 1 is 1.00 bits per heavy atom. The first-order valence-corrected chi connectivity index (χ1v) is 10.7. The van der Waals surface area contributed by atoms with E-state index in [2.05, 4.69) is 6.07 Å². The molecule has 0 spiro atoms. The van der Waals surface area contributed by atoms with Gasteiger partial charge in [-0.2, -0.15) is 5.26 Å². The number of hydrogen-bond acceptors (Lipinski definition) is 7. The van der Waals surface area contributed by atoms with E-state index in [0.717, 1.165) is 11.1 Å². The average Bonchev–Trinajstić information content (AvgIpc) is 2.83. The van der Waals surface area contributed by atoms with Gasteiger partial charge in [-0.05, 0) is 61.9 Å². The van der Waals surface area contributed by atoms with Crippen molar-refractivity contribution in [2.45, 2.75) is 25.9 Å². The maximum atomic E-state index is 12.6. The number of allylic oxidation sites excluding steroid dienone is 1. The molecule has 3 aromatic carbocycles. The number of fused-ring (bicyclic) bond motifs is 1. The van der Waals surface area contributed by atoms with Gasteiger partial charge in [-0.3, -0.25) is 0 Å². The molecule has 7 heteroatoms. The highest BCUT2D eigenvalue weighted by molar-refractivity contribution is 5.91. The lowest BCUT2D eigenvalue weighted by Crippen LogP contribution is -2.21. The predicted molar refractivity (Wildman–Crippen MR) is 126 cm³/mol. The predicted octanol–water partition coefficient (Wildman–Crippen LogP) is 4.92. The van der Waals surface area contributed by atoms with Gasteiger partial charge in [-0.15, -0.1) is 0 Å². The lowest BCUT2D eigenvalue weighted by atomic mass is 9.83. The number of nitrogens with two attached hydrogens (primary N) is 1. The molecule has 7 nitrogen and oxygen atoms in total. The Bertz CT molecular complexity index is 1270. The smallest absolute Gasteiger partial charge is 0.343 e. The molecule has 0 saturated carbocycles. The third-order valence-corrected chi connectivity index (χ3v) is 5.31. The van der Waals surface area contributed by atoms with Crippen molar-refractivity contribution in [3.63, 3.8) is 0 Å². The first-order chi connectivity index (χ1) is 16.4. The van der Waals surface area contributed by atoms with Crippen LogP contribution in [0.25, 0.3) is 0 Å². The summed E-state index contributed by atoms with van der Waals surface area (Å²) < 4.78 is 22.1. The van der Waals surface area contributed by atoms with Crippen LogP contribution in [0, 0.1) is 11.3 Å². The molecule has 1 atom stereocenters. The van der Waals surface area contributed by atoms with Gasteiger partial charge in [-0.1, -0.05) is 18.2 Å². The topological polar surface area (TPSA) is 104 Å². The molecule has 0 saturated heterocycles. The summed E-state index contributed by atoms with van der Waals surface area (Å²) in [5, 5.41) is 9.72. The Hall–Kier alpha value is -4.44. The number of carbonyl (C=O) groups excluding carboxylic acids is 1. The van der Waals surface area contributed by atoms with Gasteiger partial charge < -0.3 is 24.7 Å². The molecule has 0 fully saturated rings. The minimum atomic E-state index is -0.514. The van der Waals surface area contributed by atoms with Crippen LogP contribution in [0.5, 0.6) is 23.0 Å². The van der Waals surface area contributed by atoms with Crippen LogP contribution in [0.15, 0.2) is 78.2 Å². The van der Waals surface area contributed by atoms with Crippen LogP contribution in [-0.2, 0) is 0 Å². The summed E-state index contributed by atoms with van der Waals surface area (Å²) in [4.78, 5) is 12.6. The molecule has 0 aliphatic carbocycles. The van der Waals surface area contributed by atoms with Crippen LogP contribution in [-0.4, -0.2) is 19.2 Å². The molecule has 172 valence electrons. The van der Waals surface area contributed by atoms with Gasteiger partial charge in [0.1, 0.15) is 34.6 Å². The first kappa shape index (κ1) is 22.7. The van der Waals surface area contributed by atoms with Gasteiger partial charge in [0.2, 0.25) is 5.88 Å². The van der Waals surface area contributed by atoms with Crippen LogP contribution in [0.4, 0.5) is 0 Å². The third-order valence-electron chi connectivity index (χ3n) is 5.31. The fourth-order valence-electron chi connectivity index (χ4n) is 3.75. The number of benzene rings is 3. The summed E-state index contributed by atoms with van der Waals surface area (Å²) in [6.07, 6.45) is 0.0399. The van der Waals surface area contributed by atoms with E-state index in [1.807, 2.05) is 38.1 Å². The van der Waals surface area contributed by atoms with Crippen molar-refractivity contribution in [1.82, 2.24) is 0 Å². The van der Waals surface area contributed by atoms with Crippen molar-refractivity contribution in [2.75, 3.05) is 7.11 Å². The van der Waals surface area contributed by atoms with Crippen molar-refractivity contribution in [2.24, 2.45) is 5.73 Å². The van der Waals surface area contributed by atoms with Gasteiger partial charge in [0.05, 0.1) is 24.7 Å². The summed E-state index contributed by atoms with van der Waals surface area (Å²) in [6, 6.07) is 21.3. The van der Waals surface area contributed by atoms with E-state index < -0.39 is 11.9 Å². The summed E-state index contributed by atoms with van der Waals surface area (Å²) >= 11 is 0. The number of rotatable bonds is 6. The van der Waals surface area contributed by atoms with Gasteiger partial charge in [0.25, 0.3) is 0 Å². The van der Waals surface area contributed by atoms with E-state index in [1.54, 1.807) is 49.6 Å². The van der Waals surface area contributed by atoms with Crippen LogP contribution in [0.1, 0.15) is 41.3 Å². The fourth-order valence-corrected chi connectivity index (χ4v) is 3.75. The van der Waals surface area contributed by atoms with Crippen molar-refractivity contribution in [3.05, 3.63) is 94.9 Å². The van der Waals surface area contributed by atoms with E-state index in [9.17, 15) is 10.1 Å². The first-order valence-electron chi connectivity index (χ1n) is 10.7. The second-order valence-electron chi connectivity index (χ2n) is 7.98. The average molecular weight is 456 g/mol. The number of methoxy groups -OCH3 is 1. The number of ether oxygens (including phenoxy) is 4. The molecular formula is C27H24N2O5. The molecule has 2 N–H and O–H groups in total. The lowest BCUT2D eigenvalue weighted by Gasteiger charge is -2.26. The second-order valence-corrected chi connectivity index (χ2v) is 7.98. The van der Waals surface area contributed by atoms with Gasteiger partial charge in [-0.25, -0.2) is 4.79 Å². The maximum absolute atomic E-state index is 12.6. The molecule has 1 heterocycles. The largest absolute Gasteiger partial charge is 0.497 e. The van der Waals surface area contributed by atoms with Crippen LogP contribution < -0.4 is 24.7 Å². The zero-order valence-electron chi connectivity index (χ0n) is 19.1. The van der Waals surface area contributed by atoms with Gasteiger partial charge >= 0.3 is 5.97 Å². The number of carbonyl (C=O) groups is 1. The molecule has 1 aliphatic heterocycles. The highest BCUT2D eigenvalue weighted by Crippen LogP contribution is 2.43. The third kappa shape index (κ3) is 4.66. The van der Waals surface area contributed by atoms with E-state index in [0.29, 0.717) is 34.1 Å². The van der Waals surface area contributed by atoms with Crippen LogP contribution in [0.3, 0.4) is 0 Å². The van der Waals surface area contributed by atoms with Crippen molar-refractivity contribution in [3.8, 4) is 29.1 Å². The molecule has 4 rings (SSSR count). The lowest BCUT2D eigenvalue weighted by molar-refractivity contribution is 0.0734. The highest BCUT2D eigenvalue weighted by Gasteiger charge is 2.31. The van der Waals surface area contributed by atoms with E-state index in [1.165, 1.54) is 0 Å². The van der Waals surface area contributed by atoms with Crippen LogP contribution in [0.2, 0.25) is 0 Å². The molecule has 0 unspecified atom stereocenters. The molecule has 0 bridgehead atoms. The minimum absolute atomic E-state index is 0.0139. The molecule has 34 heavy (non-hydrogen) atoms. The Labute approximate surface area is 197 Å². The van der Waals surface area contributed by atoms with Crippen LogP contribution >= 0.6 is 0 Å². The minimum Gasteiger partial charge on any atom is -0.497 e. The zero-order valence-corrected chi connectivity index (χ0v) is 19.1.